The van der Waals surface area contributed by atoms with Gasteiger partial charge in [0.2, 0.25) is 0 Å². The van der Waals surface area contributed by atoms with Gasteiger partial charge in [-0.2, -0.15) is 0 Å². The van der Waals surface area contributed by atoms with Crippen LogP contribution >= 0.6 is 0 Å². The first-order valence-corrected chi connectivity index (χ1v) is 17.2. The van der Waals surface area contributed by atoms with Crippen LogP contribution in [0.15, 0.2) is 103 Å². The molecule has 4 atom stereocenters. The lowest BCUT2D eigenvalue weighted by Gasteiger charge is -2.45. The molecule has 5 rings (SSSR count). The topological polar surface area (TPSA) is 35.5 Å². The Balaban J connectivity index is 1.41. The fourth-order valence-electron chi connectivity index (χ4n) is 7.91. The quantitative estimate of drug-likeness (QED) is 0.144. The summed E-state index contributed by atoms with van der Waals surface area (Å²) in [6.07, 6.45) is 4.33. The average molecular weight is 567 g/mol. The predicted molar refractivity (Wildman–Crippen MR) is 171 cm³/mol. The summed E-state index contributed by atoms with van der Waals surface area (Å²) in [5, 5.41) is 2.52. The lowest BCUT2D eigenvalue weighted by Crippen LogP contribution is -2.66. The summed E-state index contributed by atoms with van der Waals surface area (Å²) in [6.45, 7) is 14.8. The Morgan fingerprint density at radius 1 is 0.878 bits per heavy atom. The molecule has 0 amide bonds. The number of ketones is 1. The number of hydrogen-bond donors (Lipinski definition) is 0. The van der Waals surface area contributed by atoms with Gasteiger partial charge in [-0.05, 0) is 65.1 Å². The van der Waals surface area contributed by atoms with E-state index in [4.69, 9.17) is 9.16 Å². The van der Waals surface area contributed by atoms with Gasteiger partial charge in [-0.1, -0.05) is 119 Å². The zero-order valence-electron chi connectivity index (χ0n) is 25.3. The van der Waals surface area contributed by atoms with Gasteiger partial charge in [-0.3, -0.25) is 4.79 Å². The zero-order chi connectivity index (χ0) is 29.1. The molecule has 0 saturated heterocycles. The minimum absolute atomic E-state index is 0.0422. The van der Waals surface area contributed by atoms with E-state index >= 15 is 0 Å². The second-order valence-electron chi connectivity index (χ2n) is 13.4. The molecule has 3 aromatic carbocycles. The van der Waals surface area contributed by atoms with E-state index in [1.54, 1.807) is 0 Å². The van der Waals surface area contributed by atoms with Gasteiger partial charge in [0, 0.05) is 24.4 Å². The van der Waals surface area contributed by atoms with Crippen molar-refractivity contribution in [2.45, 2.75) is 64.8 Å². The van der Waals surface area contributed by atoms with Crippen molar-refractivity contribution in [2.24, 2.45) is 23.2 Å². The Kier molecular flexibility index (Phi) is 8.72. The van der Waals surface area contributed by atoms with E-state index in [2.05, 4.69) is 94.9 Å². The molecule has 0 aromatic heterocycles. The Hall–Kier alpha value is -2.95. The second kappa shape index (κ2) is 12.1. The molecule has 216 valence electrons. The highest BCUT2D eigenvalue weighted by atomic mass is 28.4. The number of hydrogen-bond acceptors (Lipinski definition) is 3. The maximum Gasteiger partial charge on any atom is 0.261 e. The van der Waals surface area contributed by atoms with Gasteiger partial charge < -0.3 is 9.16 Å². The molecule has 2 aliphatic carbocycles. The van der Waals surface area contributed by atoms with E-state index < -0.39 is 13.7 Å². The van der Waals surface area contributed by atoms with Crippen molar-refractivity contribution >= 4 is 24.5 Å². The minimum atomic E-state index is -2.62. The molecule has 3 nitrogen and oxygen atoms in total. The molecule has 3 aromatic rings. The highest BCUT2D eigenvalue weighted by molar-refractivity contribution is 6.99. The fraction of sp³-hybridized carbons (Fsp3) is 0.432. The largest absolute Gasteiger partial charge is 0.493 e. The van der Waals surface area contributed by atoms with Crippen LogP contribution in [0.25, 0.3) is 0 Å². The van der Waals surface area contributed by atoms with Crippen LogP contribution < -0.4 is 15.1 Å². The molecule has 0 aliphatic heterocycles. The van der Waals surface area contributed by atoms with Crippen molar-refractivity contribution in [3.05, 3.63) is 103 Å². The average Bonchev–Trinajstić information content (AvgIpc) is 3.23. The molecule has 0 radical (unpaired) electrons. The van der Waals surface area contributed by atoms with Crippen LogP contribution in [0.4, 0.5) is 0 Å². The number of rotatable bonds is 10. The van der Waals surface area contributed by atoms with E-state index in [1.807, 2.05) is 30.3 Å². The monoisotopic (exact) mass is 566 g/mol. The SMILES string of the molecule is C=C1CC2CC(C)CC(=O)C2(CCCO[Si](c2ccccc2)(c2ccccc2)C(C)(C)C)[C@H]1COc1ccccc1. The zero-order valence-corrected chi connectivity index (χ0v) is 26.3. The third-order valence-electron chi connectivity index (χ3n) is 9.72. The van der Waals surface area contributed by atoms with Crippen LogP contribution in [0.1, 0.15) is 59.8 Å². The van der Waals surface area contributed by atoms with Crippen LogP contribution in [-0.4, -0.2) is 27.3 Å². The number of Topliss-reactive ketones (excluding diaryl/α,β-unsaturated/α-hetero) is 1. The molecular formula is C37H46O3Si. The van der Waals surface area contributed by atoms with Gasteiger partial charge in [-0.15, -0.1) is 0 Å². The van der Waals surface area contributed by atoms with Crippen LogP contribution in [0.5, 0.6) is 5.75 Å². The Bertz CT molecular complexity index is 1280. The molecule has 0 bridgehead atoms. The summed E-state index contributed by atoms with van der Waals surface area (Å²) in [6, 6.07) is 31.6. The Morgan fingerprint density at radius 3 is 2.00 bits per heavy atom. The number of ether oxygens (including phenoxy) is 1. The Labute approximate surface area is 248 Å². The highest BCUT2D eigenvalue weighted by Gasteiger charge is 2.58. The molecule has 3 unspecified atom stereocenters. The molecule has 2 aliphatic rings. The van der Waals surface area contributed by atoms with Gasteiger partial charge in [0.1, 0.15) is 11.5 Å². The number of benzene rings is 3. The van der Waals surface area contributed by atoms with Crippen LogP contribution in [0.3, 0.4) is 0 Å². The number of fused-ring (bicyclic) bond motifs is 1. The van der Waals surface area contributed by atoms with Crippen LogP contribution in [-0.2, 0) is 9.22 Å². The maximum atomic E-state index is 14.0. The standard InChI is InChI=1S/C37H46O3Si/c1-28-24-30-26-29(2)34(27-39-31-16-9-6-10-17-31)37(30,35(38)25-28)22-15-23-40-41(36(3,4)5,32-18-11-7-12-19-32)33-20-13-8-14-21-33/h6-14,16-21,28,30,34H,2,15,22-27H2,1,3-5H3/t28?,30?,34-,37?/m0/s1. The van der Waals surface area contributed by atoms with E-state index in [-0.39, 0.29) is 11.0 Å². The third-order valence-corrected chi connectivity index (χ3v) is 14.8. The summed E-state index contributed by atoms with van der Waals surface area (Å²) < 4.78 is 13.5. The summed E-state index contributed by atoms with van der Waals surface area (Å²) in [4.78, 5) is 14.0. The van der Waals surface area contributed by atoms with Crippen LogP contribution in [0, 0.1) is 23.2 Å². The van der Waals surface area contributed by atoms with Gasteiger partial charge >= 0.3 is 0 Å². The molecular weight excluding hydrogens is 520 g/mol. The van der Waals surface area contributed by atoms with Crippen molar-refractivity contribution in [3.8, 4) is 5.75 Å². The van der Waals surface area contributed by atoms with E-state index in [1.165, 1.54) is 15.9 Å². The van der Waals surface area contributed by atoms with Crippen molar-refractivity contribution < 1.29 is 14.0 Å². The predicted octanol–water partition coefficient (Wildman–Crippen LogP) is 7.60. The minimum Gasteiger partial charge on any atom is -0.493 e. The number of carbonyl (C=O) groups is 1. The Morgan fingerprint density at radius 2 is 1.44 bits per heavy atom. The summed E-state index contributed by atoms with van der Waals surface area (Å²) >= 11 is 0. The van der Waals surface area contributed by atoms with E-state index in [9.17, 15) is 4.79 Å². The molecule has 2 saturated carbocycles. The van der Waals surface area contributed by atoms with Crippen molar-refractivity contribution in [1.82, 2.24) is 0 Å². The first-order chi connectivity index (χ1) is 19.7. The molecule has 41 heavy (non-hydrogen) atoms. The van der Waals surface area contributed by atoms with E-state index in [0.717, 1.165) is 31.4 Å². The molecule has 0 heterocycles. The summed E-state index contributed by atoms with van der Waals surface area (Å²) in [5.41, 5.74) is 0.772. The third kappa shape index (κ3) is 5.61. The molecule has 0 spiro atoms. The lowest BCUT2D eigenvalue weighted by atomic mass is 9.59. The molecule has 4 heteroatoms. The first-order valence-electron chi connectivity index (χ1n) is 15.3. The van der Waals surface area contributed by atoms with Crippen LogP contribution in [0.2, 0.25) is 5.04 Å². The van der Waals surface area contributed by atoms with Crippen molar-refractivity contribution in [3.63, 3.8) is 0 Å². The van der Waals surface area contributed by atoms with Gasteiger partial charge in [0.25, 0.3) is 8.32 Å². The summed E-state index contributed by atoms with van der Waals surface area (Å²) in [7, 11) is -2.62. The fourth-order valence-corrected chi connectivity index (χ4v) is 12.5. The lowest BCUT2D eigenvalue weighted by molar-refractivity contribution is -0.140. The van der Waals surface area contributed by atoms with Crippen molar-refractivity contribution in [1.29, 1.82) is 0 Å². The smallest absolute Gasteiger partial charge is 0.261 e. The number of para-hydroxylation sites is 1. The first kappa shape index (κ1) is 29.5. The maximum absolute atomic E-state index is 14.0. The normalized spacial score (nSPS) is 24.7. The van der Waals surface area contributed by atoms with E-state index in [0.29, 0.717) is 37.3 Å². The molecule has 2 fully saturated rings. The van der Waals surface area contributed by atoms with Gasteiger partial charge in [0.05, 0.1) is 6.61 Å². The highest BCUT2D eigenvalue weighted by Crippen LogP contribution is 2.59. The number of carbonyl (C=O) groups excluding carboxylic acids is 1. The summed E-state index contributed by atoms with van der Waals surface area (Å²) in [5.74, 6) is 2.07. The second-order valence-corrected chi connectivity index (χ2v) is 17.7. The molecule has 0 N–H and O–H groups in total. The van der Waals surface area contributed by atoms with Gasteiger partial charge in [-0.25, -0.2) is 0 Å². The van der Waals surface area contributed by atoms with Gasteiger partial charge in [0.15, 0.2) is 0 Å². The van der Waals surface area contributed by atoms with Crippen molar-refractivity contribution in [2.75, 3.05) is 13.2 Å².